The Kier molecular flexibility index (Phi) is 3.75. The number of hydrogen-bond donors (Lipinski definition) is 0. The second kappa shape index (κ2) is 5.05. The van der Waals surface area contributed by atoms with Crippen LogP contribution in [0.15, 0.2) is 61.2 Å². The molecule has 0 fully saturated rings. The average Bonchev–Trinajstić information content (AvgIpc) is 2.26. The Labute approximate surface area is 88.2 Å². The van der Waals surface area contributed by atoms with Gasteiger partial charge in [-0.1, -0.05) is 31.4 Å². The Bertz CT molecular complexity index is 413. The zero-order chi connectivity index (χ0) is 11.3. The quantitative estimate of drug-likeness (QED) is 0.416. The summed E-state index contributed by atoms with van der Waals surface area (Å²) in [5.74, 6) is -0.552. The molecule has 0 aliphatic heterocycles. The first-order valence-electron chi connectivity index (χ1n) is 4.44. The molecule has 0 saturated heterocycles. The van der Waals surface area contributed by atoms with Crippen molar-refractivity contribution in [2.45, 2.75) is 0 Å². The summed E-state index contributed by atoms with van der Waals surface area (Å²) in [6.07, 6.45) is 4.53. The van der Waals surface area contributed by atoms with Crippen LogP contribution < -0.4 is 0 Å². The molecule has 0 bridgehead atoms. The Morgan fingerprint density at radius 1 is 1.20 bits per heavy atom. The van der Waals surface area contributed by atoms with Gasteiger partial charge in [0.15, 0.2) is 5.78 Å². The molecule has 0 aromatic heterocycles. The minimum Gasteiger partial charge on any atom is -0.289 e. The fourth-order valence-electron chi connectivity index (χ4n) is 1.13. The monoisotopic (exact) mass is 202 g/mol. The van der Waals surface area contributed by atoms with E-state index in [4.69, 9.17) is 0 Å². The molecule has 2 heteroatoms. The molecular weight excluding hydrogens is 191 g/mol. The molecular formula is C13H11FO. The minimum absolute atomic E-state index is 0.190. The van der Waals surface area contributed by atoms with Crippen molar-refractivity contribution in [3.05, 3.63) is 72.6 Å². The van der Waals surface area contributed by atoms with Crippen LogP contribution in [0.1, 0.15) is 10.4 Å². The second-order valence-electron chi connectivity index (χ2n) is 2.90. The highest BCUT2D eigenvalue weighted by Gasteiger charge is 2.08. The average molecular weight is 202 g/mol. The highest BCUT2D eigenvalue weighted by molar-refractivity contribution is 6.10. The fourth-order valence-corrected chi connectivity index (χ4v) is 1.13. The highest BCUT2D eigenvalue weighted by Crippen LogP contribution is 2.10. The van der Waals surface area contributed by atoms with Crippen molar-refractivity contribution < 1.29 is 9.18 Å². The van der Waals surface area contributed by atoms with Gasteiger partial charge in [0.2, 0.25) is 0 Å². The van der Waals surface area contributed by atoms with Gasteiger partial charge in [-0.25, -0.2) is 4.39 Å². The highest BCUT2D eigenvalue weighted by atomic mass is 19.1. The smallest absolute Gasteiger partial charge is 0.193 e. The number of ketones is 1. The maximum atomic E-state index is 12.6. The molecule has 0 N–H and O–H groups in total. The van der Waals surface area contributed by atoms with Crippen molar-refractivity contribution in [3.63, 3.8) is 0 Å². The summed E-state index contributed by atoms with van der Waals surface area (Å²) in [6.45, 7) is 7.04. The SMILES string of the molecule is C=C/C=C(\C=C)C(=O)c1ccc(F)cc1. The molecule has 1 rings (SSSR count). The van der Waals surface area contributed by atoms with E-state index in [1.54, 1.807) is 6.08 Å². The Balaban J connectivity index is 3.03. The number of allylic oxidation sites excluding steroid dienone is 4. The molecule has 1 aromatic carbocycles. The lowest BCUT2D eigenvalue weighted by molar-refractivity contribution is 0.103. The van der Waals surface area contributed by atoms with Crippen molar-refractivity contribution in [2.75, 3.05) is 0 Å². The van der Waals surface area contributed by atoms with E-state index in [-0.39, 0.29) is 11.6 Å². The van der Waals surface area contributed by atoms with Crippen molar-refractivity contribution >= 4 is 5.78 Å². The summed E-state index contributed by atoms with van der Waals surface area (Å²) < 4.78 is 12.6. The van der Waals surface area contributed by atoms with E-state index in [0.717, 1.165) is 0 Å². The third kappa shape index (κ3) is 2.74. The summed E-state index contributed by atoms with van der Waals surface area (Å²) in [4.78, 5) is 11.8. The molecule has 0 atom stereocenters. The minimum atomic E-state index is -0.362. The van der Waals surface area contributed by atoms with E-state index >= 15 is 0 Å². The molecule has 0 spiro atoms. The summed E-state index contributed by atoms with van der Waals surface area (Å²) >= 11 is 0. The normalized spacial score (nSPS) is 10.9. The molecule has 0 aliphatic carbocycles. The van der Waals surface area contributed by atoms with Gasteiger partial charge >= 0.3 is 0 Å². The molecule has 0 aliphatic rings. The van der Waals surface area contributed by atoms with Crippen molar-refractivity contribution in [1.29, 1.82) is 0 Å². The molecule has 1 aromatic rings. The maximum Gasteiger partial charge on any atom is 0.193 e. The van der Waals surface area contributed by atoms with Crippen LogP contribution in [0.2, 0.25) is 0 Å². The van der Waals surface area contributed by atoms with E-state index in [1.807, 2.05) is 0 Å². The lowest BCUT2D eigenvalue weighted by Crippen LogP contribution is -2.01. The van der Waals surface area contributed by atoms with Crippen LogP contribution in [0.25, 0.3) is 0 Å². The molecule has 0 radical (unpaired) electrons. The zero-order valence-corrected chi connectivity index (χ0v) is 8.24. The zero-order valence-electron chi connectivity index (χ0n) is 8.24. The van der Waals surface area contributed by atoms with E-state index in [1.165, 1.54) is 36.4 Å². The van der Waals surface area contributed by atoms with Crippen LogP contribution in [0, 0.1) is 5.82 Å². The molecule has 76 valence electrons. The van der Waals surface area contributed by atoms with Crippen molar-refractivity contribution in [3.8, 4) is 0 Å². The third-order valence-electron chi connectivity index (χ3n) is 1.89. The fraction of sp³-hybridized carbons (Fsp3) is 0. The summed E-state index contributed by atoms with van der Waals surface area (Å²) in [5, 5.41) is 0. The first kappa shape index (κ1) is 11.1. The lowest BCUT2D eigenvalue weighted by atomic mass is 10.0. The van der Waals surface area contributed by atoms with Gasteiger partial charge in [0.1, 0.15) is 5.82 Å². The number of benzene rings is 1. The summed E-state index contributed by atoms with van der Waals surface area (Å²) in [7, 11) is 0. The number of carbonyl (C=O) groups excluding carboxylic acids is 1. The third-order valence-corrected chi connectivity index (χ3v) is 1.89. The predicted molar refractivity (Wildman–Crippen MR) is 59.2 cm³/mol. The van der Waals surface area contributed by atoms with Crippen molar-refractivity contribution in [2.24, 2.45) is 0 Å². The lowest BCUT2D eigenvalue weighted by Gasteiger charge is -2.00. The van der Waals surface area contributed by atoms with E-state index in [9.17, 15) is 9.18 Å². The van der Waals surface area contributed by atoms with Gasteiger partial charge in [0.05, 0.1) is 0 Å². The topological polar surface area (TPSA) is 17.1 Å². The number of Topliss-reactive ketones (excluding diaryl/α,β-unsaturated/α-hetero) is 1. The van der Waals surface area contributed by atoms with Gasteiger partial charge in [0.25, 0.3) is 0 Å². The van der Waals surface area contributed by atoms with Crippen LogP contribution in [0.5, 0.6) is 0 Å². The van der Waals surface area contributed by atoms with Crippen LogP contribution in [0.3, 0.4) is 0 Å². The molecule has 0 unspecified atom stereocenters. The van der Waals surface area contributed by atoms with Gasteiger partial charge in [-0.3, -0.25) is 4.79 Å². The first-order chi connectivity index (χ1) is 7.19. The molecule has 0 heterocycles. The summed E-state index contributed by atoms with van der Waals surface area (Å²) in [6, 6.07) is 5.39. The Hall–Kier alpha value is -1.96. The van der Waals surface area contributed by atoms with Crippen LogP contribution in [-0.2, 0) is 0 Å². The standard InChI is InChI=1S/C13H11FO/c1-3-5-10(4-2)13(15)11-6-8-12(14)9-7-11/h3-9H,1-2H2/b10-5+. The number of carbonyl (C=O) groups is 1. The van der Waals surface area contributed by atoms with Crippen molar-refractivity contribution in [1.82, 2.24) is 0 Å². The van der Waals surface area contributed by atoms with Crippen LogP contribution in [-0.4, -0.2) is 5.78 Å². The number of hydrogen-bond acceptors (Lipinski definition) is 1. The molecule has 1 nitrogen and oxygen atoms in total. The van der Waals surface area contributed by atoms with Gasteiger partial charge in [-0.2, -0.15) is 0 Å². The molecule has 15 heavy (non-hydrogen) atoms. The van der Waals surface area contributed by atoms with Gasteiger partial charge < -0.3 is 0 Å². The van der Waals surface area contributed by atoms with Gasteiger partial charge in [0, 0.05) is 11.1 Å². The number of halogens is 1. The molecule has 0 amide bonds. The largest absolute Gasteiger partial charge is 0.289 e. The molecule has 0 saturated carbocycles. The first-order valence-corrected chi connectivity index (χ1v) is 4.44. The maximum absolute atomic E-state index is 12.6. The van der Waals surface area contributed by atoms with Gasteiger partial charge in [-0.05, 0) is 24.3 Å². The van der Waals surface area contributed by atoms with E-state index in [0.29, 0.717) is 11.1 Å². The summed E-state index contributed by atoms with van der Waals surface area (Å²) in [5.41, 5.74) is 0.876. The van der Waals surface area contributed by atoms with E-state index in [2.05, 4.69) is 13.2 Å². The van der Waals surface area contributed by atoms with E-state index < -0.39 is 0 Å². The van der Waals surface area contributed by atoms with Crippen LogP contribution >= 0.6 is 0 Å². The Morgan fingerprint density at radius 2 is 1.80 bits per heavy atom. The Morgan fingerprint density at radius 3 is 2.27 bits per heavy atom. The number of rotatable bonds is 4. The van der Waals surface area contributed by atoms with Gasteiger partial charge in [-0.15, -0.1) is 0 Å². The predicted octanol–water partition coefficient (Wildman–Crippen LogP) is 3.31. The van der Waals surface area contributed by atoms with Crippen LogP contribution in [0.4, 0.5) is 4.39 Å². The second-order valence-corrected chi connectivity index (χ2v) is 2.90.